The molecule has 22 heavy (non-hydrogen) atoms. The minimum Gasteiger partial charge on any atom is -0.478 e. The molecule has 2 N–H and O–H groups in total. The number of carbonyl (C=O) groups is 1. The average molecular weight is 319 g/mol. The van der Waals surface area contributed by atoms with Crippen LogP contribution in [0.4, 0.5) is 5.82 Å². The van der Waals surface area contributed by atoms with Crippen LogP contribution in [0.25, 0.3) is 0 Å². The summed E-state index contributed by atoms with van der Waals surface area (Å²) in [6.07, 6.45) is 4.61. The number of rotatable bonds is 5. The van der Waals surface area contributed by atoms with Gasteiger partial charge >= 0.3 is 0 Å². The molecule has 3 rings (SSSR count). The fraction of sp³-hybridized carbons (Fsp3) is 0.267. The Morgan fingerprint density at radius 1 is 1.32 bits per heavy atom. The molecule has 2 aromatic rings. The first-order valence-corrected chi connectivity index (χ1v) is 7.21. The number of hydrogen-bond donors (Lipinski definition) is 2. The Balaban J connectivity index is 1.72. The standard InChI is InChI=1S/C15H15ClN4O2/c1-22-13-12(17-7-8-18-13)19-20-14(21)15(5-6-15)10-3-2-4-11(16)9-10/h2-4,7-9H,5-6H2,1H3,(H,17,19)(H,20,21). The normalized spacial score (nSPS) is 15.0. The van der Waals surface area contributed by atoms with Crippen LogP contribution in [0.1, 0.15) is 18.4 Å². The van der Waals surface area contributed by atoms with Crippen molar-refractivity contribution in [2.75, 3.05) is 12.5 Å². The van der Waals surface area contributed by atoms with Crippen molar-refractivity contribution in [2.24, 2.45) is 0 Å². The number of amides is 1. The van der Waals surface area contributed by atoms with Crippen molar-refractivity contribution < 1.29 is 9.53 Å². The van der Waals surface area contributed by atoms with Gasteiger partial charge in [0.25, 0.3) is 5.88 Å². The van der Waals surface area contributed by atoms with Crippen LogP contribution >= 0.6 is 11.6 Å². The predicted molar refractivity (Wildman–Crippen MR) is 82.7 cm³/mol. The number of nitrogens with zero attached hydrogens (tertiary/aromatic N) is 2. The second-order valence-electron chi connectivity index (χ2n) is 5.09. The lowest BCUT2D eigenvalue weighted by molar-refractivity contribution is -0.123. The van der Waals surface area contributed by atoms with E-state index in [1.54, 1.807) is 6.07 Å². The number of nitrogens with one attached hydrogen (secondary N) is 2. The van der Waals surface area contributed by atoms with Gasteiger partial charge < -0.3 is 4.74 Å². The number of methoxy groups -OCH3 is 1. The van der Waals surface area contributed by atoms with Gasteiger partial charge in [-0.05, 0) is 30.5 Å². The first-order valence-electron chi connectivity index (χ1n) is 6.83. The molecule has 1 fully saturated rings. The van der Waals surface area contributed by atoms with Crippen molar-refractivity contribution in [1.82, 2.24) is 15.4 Å². The Morgan fingerprint density at radius 2 is 2.09 bits per heavy atom. The van der Waals surface area contributed by atoms with Crippen molar-refractivity contribution in [3.05, 3.63) is 47.2 Å². The molecule has 1 aromatic carbocycles. The molecule has 1 amide bonds. The average Bonchev–Trinajstić information content (AvgIpc) is 3.35. The van der Waals surface area contributed by atoms with Crippen LogP contribution in [0.15, 0.2) is 36.7 Å². The summed E-state index contributed by atoms with van der Waals surface area (Å²) < 4.78 is 5.07. The molecule has 1 aromatic heterocycles. The number of benzene rings is 1. The third-order valence-electron chi connectivity index (χ3n) is 3.71. The van der Waals surface area contributed by atoms with E-state index >= 15 is 0 Å². The lowest BCUT2D eigenvalue weighted by Gasteiger charge is -2.17. The van der Waals surface area contributed by atoms with Crippen LogP contribution in [0, 0.1) is 0 Å². The number of hydrazine groups is 1. The second kappa shape index (κ2) is 5.81. The Kier molecular flexibility index (Phi) is 3.85. The molecule has 0 aliphatic heterocycles. The monoisotopic (exact) mass is 318 g/mol. The molecule has 0 atom stereocenters. The Morgan fingerprint density at radius 3 is 2.77 bits per heavy atom. The van der Waals surface area contributed by atoms with Crippen molar-refractivity contribution in [1.29, 1.82) is 0 Å². The van der Waals surface area contributed by atoms with Gasteiger partial charge in [0.15, 0.2) is 0 Å². The van der Waals surface area contributed by atoms with E-state index in [0.29, 0.717) is 16.7 Å². The van der Waals surface area contributed by atoms with Gasteiger partial charge in [0, 0.05) is 17.4 Å². The van der Waals surface area contributed by atoms with E-state index < -0.39 is 5.41 Å². The highest BCUT2D eigenvalue weighted by atomic mass is 35.5. The summed E-state index contributed by atoms with van der Waals surface area (Å²) in [5, 5.41) is 0.625. The van der Waals surface area contributed by atoms with E-state index in [-0.39, 0.29) is 5.91 Å². The highest BCUT2D eigenvalue weighted by molar-refractivity contribution is 6.30. The van der Waals surface area contributed by atoms with Crippen molar-refractivity contribution in [3.8, 4) is 5.88 Å². The Bertz CT molecular complexity index is 703. The summed E-state index contributed by atoms with van der Waals surface area (Å²) in [6.45, 7) is 0. The van der Waals surface area contributed by atoms with E-state index in [1.165, 1.54) is 19.5 Å². The maximum absolute atomic E-state index is 12.5. The van der Waals surface area contributed by atoms with Gasteiger partial charge in [-0.25, -0.2) is 9.97 Å². The predicted octanol–water partition coefficient (Wildman–Crippen LogP) is 2.31. The Hall–Kier alpha value is -2.34. The SMILES string of the molecule is COc1nccnc1NNC(=O)C1(c2cccc(Cl)c2)CC1. The van der Waals surface area contributed by atoms with Gasteiger partial charge in [-0.3, -0.25) is 15.6 Å². The summed E-state index contributed by atoms with van der Waals surface area (Å²) in [4.78, 5) is 20.6. The molecule has 1 aliphatic rings. The van der Waals surface area contributed by atoms with Gasteiger partial charge in [0.2, 0.25) is 11.7 Å². The topological polar surface area (TPSA) is 76.1 Å². The van der Waals surface area contributed by atoms with Crippen LogP contribution in [-0.4, -0.2) is 23.0 Å². The molecule has 1 saturated carbocycles. The zero-order valence-electron chi connectivity index (χ0n) is 12.0. The largest absolute Gasteiger partial charge is 0.478 e. The molecule has 7 heteroatoms. The van der Waals surface area contributed by atoms with Gasteiger partial charge in [-0.1, -0.05) is 23.7 Å². The van der Waals surface area contributed by atoms with Crippen LogP contribution in [0.2, 0.25) is 5.02 Å². The molecular formula is C15H15ClN4O2. The third-order valence-corrected chi connectivity index (χ3v) is 3.95. The number of halogens is 1. The quantitative estimate of drug-likeness (QED) is 0.827. The zero-order valence-corrected chi connectivity index (χ0v) is 12.7. The van der Waals surface area contributed by atoms with E-state index in [9.17, 15) is 4.79 Å². The molecule has 0 unspecified atom stereocenters. The van der Waals surface area contributed by atoms with Crippen LogP contribution in [0.3, 0.4) is 0 Å². The van der Waals surface area contributed by atoms with Crippen LogP contribution in [-0.2, 0) is 10.2 Å². The van der Waals surface area contributed by atoms with Gasteiger partial charge in [-0.15, -0.1) is 0 Å². The number of anilines is 1. The molecule has 0 spiro atoms. The van der Waals surface area contributed by atoms with E-state index in [4.69, 9.17) is 16.3 Å². The number of ether oxygens (including phenoxy) is 1. The fourth-order valence-electron chi connectivity index (χ4n) is 2.35. The minimum atomic E-state index is -0.520. The van der Waals surface area contributed by atoms with Crippen molar-refractivity contribution >= 4 is 23.3 Å². The molecular weight excluding hydrogens is 304 g/mol. The summed E-state index contributed by atoms with van der Waals surface area (Å²) >= 11 is 6.01. The number of hydrogen-bond acceptors (Lipinski definition) is 5. The lowest BCUT2D eigenvalue weighted by atomic mass is 9.95. The second-order valence-corrected chi connectivity index (χ2v) is 5.52. The highest BCUT2D eigenvalue weighted by Crippen LogP contribution is 2.48. The smallest absolute Gasteiger partial charge is 0.258 e. The maximum Gasteiger partial charge on any atom is 0.258 e. The number of aromatic nitrogens is 2. The third kappa shape index (κ3) is 2.69. The summed E-state index contributed by atoms with van der Waals surface area (Å²) in [5.41, 5.74) is 5.84. The molecule has 0 bridgehead atoms. The first-order chi connectivity index (χ1) is 10.7. The zero-order chi connectivity index (χ0) is 15.6. The molecule has 0 radical (unpaired) electrons. The minimum absolute atomic E-state index is 0.123. The van der Waals surface area contributed by atoms with E-state index in [2.05, 4.69) is 20.8 Å². The summed E-state index contributed by atoms with van der Waals surface area (Å²) in [7, 11) is 1.49. The van der Waals surface area contributed by atoms with Gasteiger partial charge in [0.05, 0.1) is 12.5 Å². The highest BCUT2D eigenvalue weighted by Gasteiger charge is 2.51. The maximum atomic E-state index is 12.5. The van der Waals surface area contributed by atoms with Crippen LogP contribution < -0.4 is 15.6 Å². The Labute approximate surface area is 132 Å². The summed E-state index contributed by atoms with van der Waals surface area (Å²) in [5.74, 6) is 0.554. The van der Waals surface area contributed by atoms with E-state index in [1.807, 2.05) is 18.2 Å². The van der Waals surface area contributed by atoms with Crippen molar-refractivity contribution in [2.45, 2.75) is 18.3 Å². The first kappa shape index (κ1) is 14.6. The molecule has 1 aliphatic carbocycles. The molecule has 0 saturated heterocycles. The molecule has 1 heterocycles. The summed E-state index contributed by atoms with van der Waals surface area (Å²) in [6, 6.07) is 7.39. The van der Waals surface area contributed by atoms with Gasteiger partial charge in [-0.2, -0.15) is 0 Å². The lowest BCUT2D eigenvalue weighted by Crippen LogP contribution is -2.38. The molecule has 114 valence electrons. The van der Waals surface area contributed by atoms with Crippen molar-refractivity contribution in [3.63, 3.8) is 0 Å². The van der Waals surface area contributed by atoms with E-state index in [0.717, 1.165) is 18.4 Å². The van der Waals surface area contributed by atoms with Crippen LogP contribution in [0.5, 0.6) is 5.88 Å². The molecule has 6 nitrogen and oxygen atoms in total. The number of carbonyl (C=O) groups excluding carboxylic acids is 1. The van der Waals surface area contributed by atoms with Gasteiger partial charge in [0.1, 0.15) is 0 Å². The fourth-order valence-corrected chi connectivity index (χ4v) is 2.54.